The van der Waals surface area contributed by atoms with Gasteiger partial charge in [-0.3, -0.25) is 0 Å². The second kappa shape index (κ2) is 12.7. The van der Waals surface area contributed by atoms with Gasteiger partial charge in [0.1, 0.15) is 0 Å². The molecule has 0 heterocycles. The van der Waals surface area contributed by atoms with Gasteiger partial charge < -0.3 is 30.7 Å². The predicted molar refractivity (Wildman–Crippen MR) is 140 cm³/mol. The summed E-state index contributed by atoms with van der Waals surface area (Å²) in [6, 6.07) is 0.108. The number of urea groups is 3. The molecule has 0 spiro atoms. The summed E-state index contributed by atoms with van der Waals surface area (Å²) < 4.78 is 0. The van der Waals surface area contributed by atoms with E-state index in [1.54, 1.807) is 35.8 Å². The number of nitrogens with one attached hydrogen (secondary N) is 3. The Hall–Kier alpha value is -2.19. The van der Waals surface area contributed by atoms with E-state index < -0.39 is 0 Å². The van der Waals surface area contributed by atoms with E-state index in [0.717, 1.165) is 32.1 Å². The molecule has 35 heavy (non-hydrogen) atoms. The van der Waals surface area contributed by atoms with E-state index >= 15 is 0 Å². The van der Waals surface area contributed by atoms with Crippen molar-refractivity contribution in [3.63, 3.8) is 0 Å². The Bertz CT molecular complexity index is 724. The molecule has 0 aromatic carbocycles. The van der Waals surface area contributed by atoms with Crippen LogP contribution in [0.3, 0.4) is 0 Å². The van der Waals surface area contributed by atoms with Crippen LogP contribution in [0.15, 0.2) is 0 Å². The summed E-state index contributed by atoms with van der Waals surface area (Å²) in [5.41, 5.74) is -0.0432. The highest BCUT2D eigenvalue weighted by Gasteiger charge is 2.42. The molecule has 202 valence electrons. The quantitative estimate of drug-likeness (QED) is 0.478. The van der Waals surface area contributed by atoms with Crippen LogP contribution in [0, 0.1) is 10.8 Å². The molecule has 2 rings (SSSR count). The van der Waals surface area contributed by atoms with Gasteiger partial charge in [0.05, 0.1) is 0 Å². The van der Waals surface area contributed by atoms with Crippen LogP contribution in [-0.2, 0) is 0 Å². The van der Waals surface area contributed by atoms with Gasteiger partial charge in [-0.1, -0.05) is 40.0 Å². The molecule has 2 unspecified atom stereocenters. The number of hydrogen-bond acceptors (Lipinski definition) is 3. The van der Waals surface area contributed by atoms with Crippen LogP contribution in [0.25, 0.3) is 0 Å². The van der Waals surface area contributed by atoms with E-state index in [1.807, 2.05) is 6.92 Å². The van der Waals surface area contributed by atoms with Gasteiger partial charge in [-0.05, 0) is 49.9 Å². The number of amides is 6. The summed E-state index contributed by atoms with van der Waals surface area (Å²) in [6.45, 7) is 10.8. The topological polar surface area (TPSA) is 97.0 Å². The Balaban J connectivity index is 1.80. The van der Waals surface area contributed by atoms with Crippen molar-refractivity contribution >= 4 is 18.1 Å². The van der Waals surface area contributed by atoms with Gasteiger partial charge in [0.25, 0.3) is 0 Å². The van der Waals surface area contributed by atoms with Crippen LogP contribution in [0.1, 0.15) is 79.1 Å². The van der Waals surface area contributed by atoms with Gasteiger partial charge >= 0.3 is 18.1 Å². The van der Waals surface area contributed by atoms with E-state index in [2.05, 4.69) is 36.7 Å². The first-order valence-electron chi connectivity index (χ1n) is 13.4. The molecule has 2 aliphatic rings. The fourth-order valence-electron chi connectivity index (χ4n) is 5.76. The van der Waals surface area contributed by atoms with Crippen LogP contribution in [0.5, 0.6) is 0 Å². The molecule has 9 heteroatoms. The molecule has 0 saturated heterocycles. The molecule has 6 amide bonds. The molecule has 2 saturated carbocycles. The van der Waals surface area contributed by atoms with Gasteiger partial charge in [0.2, 0.25) is 0 Å². The first kappa shape index (κ1) is 29.0. The molecule has 0 aromatic heterocycles. The van der Waals surface area contributed by atoms with E-state index in [0.29, 0.717) is 26.2 Å². The first-order chi connectivity index (χ1) is 16.3. The van der Waals surface area contributed by atoms with Crippen molar-refractivity contribution in [3.05, 3.63) is 0 Å². The Labute approximate surface area is 212 Å². The minimum Gasteiger partial charge on any atom is -0.337 e. The summed E-state index contributed by atoms with van der Waals surface area (Å²) in [5.74, 6) is 0. The lowest BCUT2D eigenvalue weighted by molar-refractivity contribution is 0.0717. The van der Waals surface area contributed by atoms with Crippen molar-refractivity contribution in [2.24, 2.45) is 10.8 Å². The van der Waals surface area contributed by atoms with Crippen LogP contribution in [0.2, 0.25) is 0 Å². The fourth-order valence-corrected chi connectivity index (χ4v) is 5.76. The maximum absolute atomic E-state index is 12.8. The lowest BCUT2D eigenvalue weighted by Gasteiger charge is -2.47. The van der Waals surface area contributed by atoms with Gasteiger partial charge in [-0.25, -0.2) is 14.4 Å². The van der Waals surface area contributed by atoms with E-state index in [9.17, 15) is 14.4 Å². The van der Waals surface area contributed by atoms with Crippen LogP contribution >= 0.6 is 0 Å². The third-order valence-electron chi connectivity index (χ3n) is 7.66. The van der Waals surface area contributed by atoms with Crippen LogP contribution in [0.4, 0.5) is 14.4 Å². The van der Waals surface area contributed by atoms with Crippen molar-refractivity contribution in [2.75, 3.05) is 47.3 Å². The number of rotatable bonds is 8. The lowest BCUT2D eigenvalue weighted by Crippen LogP contribution is -2.53. The molecule has 2 aliphatic carbocycles. The van der Waals surface area contributed by atoms with Crippen molar-refractivity contribution in [1.29, 1.82) is 0 Å². The zero-order valence-electron chi connectivity index (χ0n) is 23.2. The summed E-state index contributed by atoms with van der Waals surface area (Å²) in [5, 5.41) is 9.40. The third kappa shape index (κ3) is 9.41. The first-order valence-corrected chi connectivity index (χ1v) is 13.4. The molecular weight excluding hydrogens is 444 g/mol. The molecular formula is C26H50N6O3. The molecule has 2 atom stereocenters. The molecule has 2 fully saturated rings. The van der Waals surface area contributed by atoms with Gasteiger partial charge in [0, 0.05) is 59.4 Å². The number of carbonyl (C=O) groups is 3. The van der Waals surface area contributed by atoms with Gasteiger partial charge in [-0.2, -0.15) is 0 Å². The predicted octanol–water partition coefficient (Wildman–Crippen LogP) is 3.85. The summed E-state index contributed by atoms with van der Waals surface area (Å²) in [6.07, 6.45) is 8.44. The summed E-state index contributed by atoms with van der Waals surface area (Å²) in [7, 11) is 5.34. The minimum atomic E-state index is -0.137. The Kier molecular flexibility index (Phi) is 10.5. The largest absolute Gasteiger partial charge is 0.337 e. The van der Waals surface area contributed by atoms with E-state index in [1.165, 1.54) is 19.3 Å². The van der Waals surface area contributed by atoms with Crippen molar-refractivity contribution in [3.8, 4) is 0 Å². The Morgan fingerprint density at radius 2 is 1.31 bits per heavy atom. The summed E-state index contributed by atoms with van der Waals surface area (Å²) >= 11 is 0. The lowest BCUT2D eigenvalue weighted by atomic mass is 9.62. The monoisotopic (exact) mass is 494 g/mol. The number of hydrogen-bond donors (Lipinski definition) is 3. The smallest absolute Gasteiger partial charge is 0.317 e. The second-order valence-corrected chi connectivity index (χ2v) is 12.0. The SMILES string of the molecule is CCN(C)C(=O)NC1CC(C)(C)CC(C)(CNC(=O)N(C)CCN(C)C(=O)NC2CCCCC2)C1. The Morgan fingerprint density at radius 1 is 0.771 bits per heavy atom. The standard InChI is InChI=1S/C26H50N6O3/c1-8-30(5)23(34)29-21-16-25(2,3)18-26(4,17-21)19-27-22(33)31(6)14-15-32(7)24(35)28-20-12-10-9-11-13-20/h20-21H,8-19H2,1-7H3,(H,27,33)(H,28,35)(H,29,34). The zero-order valence-corrected chi connectivity index (χ0v) is 23.2. The molecule has 0 radical (unpaired) electrons. The van der Waals surface area contributed by atoms with E-state index in [4.69, 9.17) is 0 Å². The summed E-state index contributed by atoms with van der Waals surface area (Å²) in [4.78, 5) is 42.6. The zero-order chi connectivity index (χ0) is 26.2. The van der Waals surface area contributed by atoms with Crippen molar-refractivity contribution in [2.45, 2.75) is 91.1 Å². The molecule has 9 nitrogen and oxygen atoms in total. The van der Waals surface area contributed by atoms with Crippen LogP contribution < -0.4 is 16.0 Å². The number of carbonyl (C=O) groups excluding carboxylic acids is 3. The maximum atomic E-state index is 12.8. The number of likely N-dealkylation sites (N-methyl/N-ethyl adjacent to an activating group) is 2. The maximum Gasteiger partial charge on any atom is 0.317 e. The van der Waals surface area contributed by atoms with Crippen molar-refractivity contribution < 1.29 is 14.4 Å². The second-order valence-electron chi connectivity index (χ2n) is 12.0. The van der Waals surface area contributed by atoms with Gasteiger partial charge in [-0.15, -0.1) is 0 Å². The number of nitrogens with zero attached hydrogens (tertiary/aromatic N) is 3. The highest BCUT2D eigenvalue weighted by molar-refractivity contribution is 5.75. The highest BCUT2D eigenvalue weighted by Crippen LogP contribution is 2.45. The molecule has 0 bridgehead atoms. The minimum absolute atomic E-state index is 0.0436. The molecule has 0 aliphatic heterocycles. The highest BCUT2D eigenvalue weighted by atomic mass is 16.2. The van der Waals surface area contributed by atoms with Gasteiger partial charge in [0.15, 0.2) is 0 Å². The fraction of sp³-hybridized carbons (Fsp3) is 0.885. The molecule has 0 aromatic rings. The Morgan fingerprint density at radius 3 is 1.91 bits per heavy atom. The van der Waals surface area contributed by atoms with E-state index in [-0.39, 0.29) is 41.0 Å². The normalized spacial score (nSPS) is 24.3. The average molecular weight is 495 g/mol. The molecule has 3 N–H and O–H groups in total. The third-order valence-corrected chi connectivity index (χ3v) is 7.66. The average Bonchev–Trinajstić information content (AvgIpc) is 2.79. The van der Waals surface area contributed by atoms with Crippen LogP contribution in [-0.4, -0.2) is 92.2 Å². The van der Waals surface area contributed by atoms with Crippen molar-refractivity contribution in [1.82, 2.24) is 30.7 Å².